The molecule has 1 atom stereocenters. The quantitative estimate of drug-likeness (QED) is 0.784. The molecule has 1 unspecified atom stereocenters. The molecule has 0 N–H and O–H groups in total. The molecule has 92 valence electrons. The zero-order valence-electron chi connectivity index (χ0n) is 9.76. The highest BCUT2D eigenvalue weighted by atomic mass is 35.5. The summed E-state index contributed by atoms with van der Waals surface area (Å²) < 4.78 is 5.45. The summed E-state index contributed by atoms with van der Waals surface area (Å²) >= 11 is 7.62. The van der Waals surface area contributed by atoms with Crippen molar-refractivity contribution in [1.29, 1.82) is 0 Å². The number of nitrogens with zero attached hydrogens (tertiary/aromatic N) is 3. The van der Waals surface area contributed by atoms with Crippen molar-refractivity contribution in [2.75, 3.05) is 18.5 Å². The van der Waals surface area contributed by atoms with E-state index in [1.165, 1.54) is 4.88 Å². The first-order valence-electron chi connectivity index (χ1n) is 5.38. The van der Waals surface area contributed by atoms with Crippen LogP contribution in [0.5, 0.6) is 0 Å². The number of alkyl halides is 1. The summed E-state index contributed by atoms with van der Waals surface area (Å²) in [4.78, 5) is 3.29. The third-order valence-corrected chi connectivity index (χ3v) is 3.49. The molecule has 0 aromatic carbocycles. The van der Waals surface area contributed by atoms with Crippen molar-refractivity contribution in [1.82, 2.24) is 10.2 Å². The van der Waals surface area contributed by atoms with Crippen molar-refractivity contribution in [2.45, 2.75) is 18.7 Å². The predicted molar refractivity (Wildman–Crippen MR) is 69.9 cm³/mol. The number of rotatable bonds is 5. The van der Waals surface area contributed by atoms with Crippen LogP contribution in [0.1, 0.15) is 23.1 Å². The van der Waals surface area contributed by atoms with Gasteiger partial charge >= 0.3 is 6.01 Å². The summed E-state index contributed by atoms with van der Waals surface area (Å²) in [6, 6.07) is 4.70. The van der Waals surface area contributed by atoms with E-state index < -0.39 is 0 Å². The van der Waals surface area contributed by atoms with Gasteiger partial charge in [-0.2, -0.15) is 0 Å². The van der Waals surface area contributed by atoms with Crippen LogP contribution < -0.4 is 4.90 Å². The second kappa shape index (κ2) is 5.51. The molecule has 17 heavy (non-hydrogen) atoms. The highest BCUT2D eigenvalue weighted by Gasteiger charge is 2.14. The molecule has 0 saturated carbocycles. The average molecular weight is 272 g/mol. The fourth-order valence-corrected chi connectivity index (χ4v) is 2.16. The summed E-state index contributed by atoms with van der Waals surface area (Å²) in [5, 5.41) is 9.69. The van der Waals surface area contributed by atoms with Crippen molar-refractivity contribution in [3.63, 3.8) is 0 Å². The highest BCUT2D eigenvalue weighted by Crippen LogP contribution is 2.21. The number of thiophene rings is 1. The first-order chi connectivity index (χ1) is 8.16. The summed E-state index contributed by atoms with van der Waals surface area (Å²) in [5.74, 6) is 0.463. The van der Waals surface area contributed by atoms with Gasteiger partial charge in [0.2, 0.25) is 5.89 Å². The number of halogens is 1. The predicted octanol–water partition coefficient (Wildman–Crippen LogP) is 3.11. The normalized spacial score (nSPS) is 12.6. The average Bonchev–Trinajstić information content (AvgIpc) is 2.96. The van der Waals surface area contributed by atoms with Crippen molar-refractivity contribution < 1.29 is 4.42 Å². The Kier molecular flexibility index (Phi) is 4.02. The summed E-state index contributed by atoms with van der Waals surface area (Å²) in [5.41, 5.74) is 0. The third kappa shape index (κ3) is 3.20. The van der Waals surface area contributed by atoms with E-state index in [2.05, 4.69) is 27.7 Å². The SMILES string of the molecule is CC(Cl)c1nnc(N(C)CCc2cccs2)o1. The van der Waals surface area contributed by atoms with Crippen LogP contribution in [0.2, 0.25) is 0 Å². The van der Waals surface area contributed by atoms with Crippen molar-refractivity contribution in [3.8, 4) is 0 Å². The molecule has 4 nitrogen and oxygen atoms in total. The molecule has 0 bridgehead atoms. The van der Waals surface area contributed by atoms with Crippen LogP contribution in [0.25, 0.3) is 0 Å². The fraction of sp³-hybridized carbons (Fsp3) is 0.455. The molecular formula is C11H14ClN3OS. The van der Waals surface area contributed by atoms with Gasteiger partial charge in [-0.1, -0.05) is 11.2 Å². The Morgan fingerprint density at radius 3 is 2.94 bits per heavy atom. The van der Waals surface area contributed by atoms with Gasteiger partial charge in [-0.05, 0) is 24.8 Å². The van der Waals surface area contributed by atoms with Crippen LogP contribution in [-0.4, -0.2) is 23.8 Å². The Morgan fingerprint density at radius 1 is 1.53 bits per heavy atom. The Balaban J connectivity index is 1.92. The smallest absolute Gasteiger partial charge is 0.317 e. The number of hydrogen-bond acceptors (Lipinski definition) is 5. The molecule has 6 heteroatoms. The van der Waals surface area contributed by atoms with E-state index >= 15 is 0 Å². The van der Waals surface area contributed by atoms with Gasteiger partial charge in [-0.15, -0.1) is 28.0 Å². The van der Waals surface area contributed by atoms with Crippen molar-refractivity contribution in [3.05, 3.63) is 28.3 Å². The van der Waals surface area contributed by atoms with Gasteiger partial charge in [0.05, 0.1) is 0 Å². The van der Waals surface area contributed by atoms with Crippen LogP contribution >= 0.6 is 22.9 Å². The van der Waals surface area contributed by atoms with Gasteiger partial charge in [0.1, 0.15) is 5.38 Å². The largest absolute Gasteiger partial charge is 0.406 e. The minimum Gasteiger partial charge on any atom is -0.406 e. The number of aromatic nitrogens is 2. The molecule has 2 aromatic rings. The van der Waals surface area contributed by atoms with Gasteiger partial charge in [0.25, 0.3) is 0 Å². The van der Waals surface area contributed by atoms with Gasteiger partial charge in [0.15, 0.2) is 0 Å². The summed E-state index contributed by atoms with van der Waals surface area (Å²) in [6.07, 6.45) is 0.975. The van der Waals surface area contributed by atoms with Gasteiger partial charge in [-0.3, -0.25) is 0 Å². The molecule has 0 saturated heterocycles. The first-order valence-corrected chi connectivity index (χ1v) is 6.69. The molecule has 0 aliphatic heterocycles. The van der Waals surface area contributed by atoms with E-state index in [0.717, 1.165) is 13.0 Å². The third-order valence-electron chi connectivity index (χ3n) is 2.37. The molecule has 0 fully saturated rings. The minimum absolute atomic E-state index is 0.248. The molecule has 2 aromatic heterocycles. The van der Waals surface area contributed by atoms with E-state index in [-0.39, 0.29) is 5.38 Å². The van der Waals surface area contributed by atoms with Gasteiger partial charge in [-0.25, -0.2) is 0 Å². The number of anilines is 1. The standard InChI is InChI=1S/C11H14ClN3OS/c1-8(12)10-13-14-11(16-10)15(2)6-5-9-4-3-7-17-9/h3-4,7-8H,5-6H2,1-2H3. The Hall–Kier alpha value is -1.07. The molecule has 0 radical (unpaired) electrons. The molecule has 0 aliphatic rings. The highest BCUT2D eigenvalue weighted by molar-refractivity contribution is 7.09. The minimum atomic E-state index is -0.248. The van der Waals surface area contributed by atoms with Crippen molar-refractivity contribution in [2.24, 2.45) is 0 Å². The number of hydrogen-bond donors (Lipinski definition) is 0. The van der Waals surface area contributed by atoms with Crippen LogP contribution in [0.15, 0.2) is 21.9 Å². The molecule has 2 rings (SSSR count). The second-order valence-electron chi connectivity index (χ2n) is 3.79. The molecule has 0 amide bonds. The van der Waals surface area contributed by atoms with Gasteiger partial charge < -0.3 is 9.32 Å². The topological polar surface area (TPSA) is 42.2 Å². The zero-order valence-corrected chi connectivity index (χ0v) is 11.3. The van der Waals surface area contributed by atoms with Crippen LogP contribution in [0, 0.1) is 0 Å². The lowest BCUT2D eigenvalue weighted by Gasteiger charge is -2.12. The lowest BCUT2D eigenvalue weighted by atomic mass is 10.3. The van der Waals surface area contributed by atoms with Crippen LogP contribution in [0.4, 0.5) is 6.01 Å². The number of likely N-dealkylation sites (N-methyl/N-ethyl adjacent to an activating group) is 1. The maximum absolute atomic E-state index is 5.87. The Bertz CT molecular complexity index is 455. The zero-order chi connectivity index (χ0) is 12.3. The monoisotopic (exact) mass is 271 g/mol. The van der Waals surface area contributed by atoms with Crippen molar-refractivity contribution >= 4 is 29.0 Å². The van der Waals surface area contributed by atoms with E-state index in [0.29, 0.717) is 11.9 Å². The molecular weight excluding hydrogens is 258 g/mol. The lowest BCUT2D eigenvalue weighted by Crippen LogP contribution is -2.20. The first kappa shape index (κ1) is 12.4. The lowest BCUT2D eigenvalue weighted by molar-refractivity contribution is 0.490. The van der Waals surface area contributed by atoms with Gasteiger partial charge in [0, 0.05) is 18.5 Å². The molecule has 0 spiro atoms. The van der Waals surface area contributed by atoms with E-state index in [4.69, 9.17) is 16.0 Å². The maximum atomic E-state index is 5.87. The Labute approximate surface area is 109 Å². The maximum Gasteiger partial charge on any atom is 0.317 e. The van der Waals surface area contributed by atoms with E-state index in [1.54, 1.807) is 11.3 Å². The van der Waals surface area contributed by atoms with Crippen LogP contribution in [0.3, 0.4) is 0 Å². The summed E-state index contributed by atoms with van der Waals surface area (Å²) in [7, 11) is 1.93. The molecule has 0 aliphatic carbocycles. The van der Waals surface area contributed by atoms with E-state index in [1.807, 2.05) is 18.9 Å². The second-order valence-corrected chi connectivity index (χ2v) is 5.48. The fourth-order valence-electron chi connectivity index (χ4n) is 1.37. The molecule has 2 heterocycles. The van der Waals surface area contributed by atoms with E-state index in [9.17, 15) is 0 Å². The Morgan fingerprint density at radius 2 is 2.35 bits per heavy atom. The van der Waals surface area contributed by atoms with Crippen LogP contribution in [-0.2, 0) is 6.42 Å². The summed E-state index contributed by atoms with van der Waals surface area (Å²) in [6.45, 7) is 2.66.